The Bertz CT molecular complexity index is 224. The highest BCUT2D eigenvalue weighted by molar-refractivity contribution is 5.04. The molecule has 1 aliphatic rings. The Morgan fingerprint density at radius 3 is 2.44 bits per heavy atom. The molecule has 16 heavy (non-hydrogen) atoms. The first-order valence-corrected chi connectivity index (χ1v) is 5.83. The SMILES string of the molecule is CC(C)CC[C@]1(CO)NC[C@H](O)[C@@H](O)[C@@H]1O. The highest BCUT2D eigenvalue weighted by atomic mass is 16.4. The molecule has 0 aromatic rings. The third-order valence-electron chi connectivity index (χ3n) is 3.40. The van der Waals surface area contributed by atoms with Crippen molar-refractivity contribution in [1.82, 2.24) is 5.32 Å². The maximum absolute atomic E-state index is 9.94. The largest absolute Gasteiger partial charge is 0.394 e. The summed E-state index contributed by atoms with van der Waals surface area (Å²) in [5, 5.41) is 41.3. The molecule has 1 aliphatic heterocycles. The quantitative estimate of drug-likeness (QED) is 0.422. The fourth-order valence-corrected chi connectivity index (χ4v) is 2.08. The van der Waals surface area contributed by atoms with Gasteiger partial charge >= 0.3 is 0 Å². The lowest BCUT2D eigenvalue weighted by atomic mass is 9.79. The minimum absolute atomic E-state index is 0.191. The van der Waals surface area contributed by atoms with Gasteiger partial charge in [0, 0.05) is 6.54 Å². The predicted octanol–water partition coefficient (Wildman–Crippen LogP) is -1.16. The fourth-order valence-electron chi connectivity index (χ4n) is 2.08. The van der Waals surface area contributed by atoms with Gasteiger partial charge in [-0.05, 0) is 18.8 Å². The minimum Gasteiger partial charge on any atom is -0.394 e. The number of hydrogen-bond acceptors (Lipinski definition) is 5. The number of rotatable bonds is 4. The van der Waals surface area contributed by atoms with Gasteiger partial charge in [0.15, 0.2) is 0 Å². The summed E-state index contributed by atoms with van der Waals surface area (Å²) in [5.74, 6) is 0.460. The van der Waals surface area contributed by atoms with E-state index < -0.39 is 23.9 Å². The number of aliphatic hydroxyl groups is 4. The molecule has 0 aliphatic carbocycles. The molecule has 0 bridgehead atoms. The summed E-state index contributed by atoms with van der Waals surface area (Å²) in [5.41, 5.74) is -0.886. The third-order valence-corrected chi connectivity index (χ3v) is 3.40. The molecule has 0 spiro atoms. The van der Waals surface area contributed by atoms with Crippen molar-refractivity contribution in [2.45, 2.75) is 50.5 Å². The van der Waals surface area contributed by atoms with Crippen molar-refractivity contribution in [3.8, 4) is 0 Å². The van der Waals surface area contributed by atoms with E-state index in [1.807, 2.05) is 0 Å². The van der Waals surface area contributed by atoms with Gasteiger partial charge in [-0.15, -0.1) is 0 Å². The molecule has 1 fully saturated rings. The second-order valence-corrected chi connectivity index (χ2v) is 5.13. The summed E-state index contributed by atoms with van der Waals surface area (Å²) < 4.78 is 0. The van der Waals surface area contributed by atoms with Gasteiger partial charge in [0.05, 0.1) is 18.2 Å². The van der Waals surface area contributed by atoms with E-state index in [0.717, 1.165) is 6.42 Å². The number of nitrogens with one attached hydrogen (secondary N) is 1. The molecule has 5 heteroatoms. The van der Waals surface area contributed by atoms with E-state index in [2.05, 4.69) is 19.2 Å². The summed E-state index contributed by atoms with van der Waals surface area (Å²) in [6, 6.07) is 0. The molecular formula is C11H23NO4. The van der Waals surface area contributed by atoms with Crippen LogP contribution in [0.4, 0.5) is 0 Å². The molecule has 1 heterocycles. The van der Waals surface area contributed by atoms with Crippen LogP contribution in [-0.4, -0.2) is 57.4 Å². The van der Waals surface area contributed by atoms with E-state index in [4.69, 9.17) is 0 Å². The maximum Gasteiger partial charge on any atom is 0.109 e. The van der Waals surface area contributed by atoms with E-state index >= 15 is 0 Å². The zero-order valence-electron chi connectivity index (χ0n) is 9.93. The fraction of sp³-hybridized carbons (Fsp3) is 1.00. The molecule has 0 aromatic heterocycles. The second-order valence-electron chi connectivity index (χ2n) is 5.13. The number of hydrogen-bond donors (Lipinski definition) is 5. The topological polar surface area (TPSA) is 93.0 Å². The lowest BCUT2D eigenvalue weighted by molar-refractivity contribution is -0.136. The zero-order chi connectivity index (χ0) is 12.3. The van der Waals surface area contributed by atoms with Crippen LogP contribution in [0.3, 0.4) is 0 Å². The molecule has 1 saturated heterocycles. The van der Waals surface area contributed by atoms with E-state index in [-0.39, 0.29) is 13.2 Å². The van der Waals surface area contributed by atoms with Crippen molar-refractivity contribution in [1.29, 1.82) is 0 Å². The van der Waals surface area contributed by atoms with Gasteiger partial charge in [-0.2, -0.15) is 0 Å². The highest BCUT2D eigenvalue weighted by Gasteiger charge is 2.47. The average molecular weight is 233 g/mol. The zero-order valence-corrected chi connectivity index (χ0v) is 9.93. The second kappa shape index (κ2) is 5.42. The van der Waals surface area contributed by atoms with Crippen molar-refractivity contribution in [2.24, 2.45) is 5.92 Å². The van der Waals surface area contributed by atoms with E-state index in [0.29, 0.717) is 12.3 Å². The summed E-state index contributed by atoms with van der Waals surface area (Å²) in [7, 11) is 0. The summed E-state index contributed by atoms with van der Waals surface area (Å²) in [4.78, 5) is 0. The Hall–Kier alpha value is -0.200. The van der Waals surface area contributed by atoms with Gasteiger partial charge in [-0.3, -0.25) is 0 Å². The normalized spacial score (nSPS) is 40.3. The number of β-amino-alcohol motifs (C(OH)–C–C–N with tert-alkyl or cyclic N) is 1. The summed E-state index contributed by atoms with van der Waals surface area (Å²) in [6.45, 7) is 4.07. The first kappa shape index (κ1) is 13.9. The van der Waals surface area contributed by atoms with Gasteiger partial charge in [-0.25, -0.2) is 0 Å². The van der Waals surface area contributed by atoms with Crippen molar-refractivity contribution < 1.29 is 20.4 Å². The summed E-state index contributed by atoms with van der Waals surface area (Å²) in [6.07, 6.45) is -1.89. The molecular weight excluding hydrogens is 210 g/mol. The van der Waals surface area contributed by atoms with Crippen LogP contribution in [0.25, 0.3) is 0 Å². The van der Waals surface area contributed by atoms with Gasteiger partial charge in [0.1, 0.15) is 12.2 Å². The van der Waals surface area contributed by atoms with Crippen molar-refractivity contribution in [2.75, 3.05) is 13.2 Å². The smallest absolute Gasteiger partial charge is 0.109 e. The molecule has 0 radical (unpaired) electrons. The van der Waals surface area contributed by atoms with Crippen LogP contribution in [0.15, 0.2) is 0 Å². The van der Waals surface area contributed by atoms with Crippen LogP contribution in [0.2, 0.25) is 0 Å². The Morgan fingerprint density at radius 1 is 1.31 bits per heavy atom. The average Bonchev–Trinajstić information content (AvgIpc) is 2.26. The lowest BCUT2D eigenvalue weighted by Crippen LogP contribution is -2.69. The van der Waals surface area contributed by atoms with Gasteiger partial charge < -0.3 is 25.7 Å². The molecule has 0 amide bonds. The van der Waals surface area contributed by atoms with Crippen molar-refractivity contribution in [3.05, 3.63) is 0 Å². The van der Waals surface area contributed by atoms with E-state index in [9.17, 15) is 20.4 Å². The monoisotopic (exact) mass is 233 g/mol. The maximum atomic E-state index is 9.94. The Balaban J connectivity index is 2.70. The standard InChI is InChI=1S/C11H23NO4/c1-7(2)3-4-11(6-13)10(16)9(15)8(14)5-12-11/h7-10,12-16H,3-6H2,1-2H3/t8-,9+,10-,11+/m0/s1. The Morgan fingerprint density at radius 2 is 1.94 bits per heavy atom. The van der Waals surface area contributed by atoms with Crippen LogP contribution in [0.1, 0.15) is 26.7 Å². The first-order valence-electron chi connectivity index (χ1n) is 5.83. The predicted molar refractivity (Wildman–Crippen MR) is 59.9 cm³/mol. The Labute approximate surface area is 96.1 Å². The van der Waals surface area contributed by atoms with Crippen LogP contribution in [-0.2, 0) is 0 Å². The van der Waals surface area contributed by atoms with Gasteiger partial charge in [0.25, 0.3) is 0 Å². The van der Waals surface area contributed by atoms with Gasteiger partial charge in [-0.1, -0.05) is 13.8 Å². The first-order chi connectivity index (χ1) is 7.43. The molecule has 0 saturated carbocycles. The van der Waals surface area contributed by atoms with Crippen LogP contribution in [0, 0.1) is 5.92 Å². The molecule has 1 rings (SSSR count). The molecule has 5 N–H and O–H groups in total. The van der Waals surface area contributed by atoms with Crippen molar-refractivity contribution >= 4 is 0 Å². The molecule has 0 unspecified atom stereocenters. The molecule has 4 atom stereocenters. The van der Waals surface area contributed by atoms with E-state index in [1.54, 1.807) is 0 Å². The number of piperidine rings is 1. The minimum atomic E-state index is -1.19. The Kier molecular flexibility index (Phi) is 4.70. The molecule has 96 valence electrons. The van der Waals surface area contributed by atoms with Gasteiger partial charge in [0.2, 0.25) is 0 Å². The lowest BCUT2D eigenvalue weighted by Gasteiger charge is -2.45. The number of aliphatic hydroxyl groups excluding tert-OH is 4. The third kappa shape index (κ3) is 2.73. The van der Waals surface area contributed by atoms with Crippen LogP contribution >= 0.6 is 0 Å². The molecule has 5 nitrogen and oxygen atoms in total. The van der Waals surface area contributed by atoms with Crippen LogP contribution in [0.5, 0.6) is 0 Å². The van der Waals surface area contributed by atoms with Crippen LogP contribution < -0.4 is 5.32 Å². The summed E-state index contributed by atoms with van der Waals surface area (Å²) >= 11 is 0. The van der Waals surface area contributed by atoms with Crippen molar-refractivity contribution in [3.63, 3.8) is 0 Å². The highest BCUT2D eigenvalue weighted by Crippen LogP contribution is 2.26. The van der Waals surface area contributed by atoms with E-state index in [1.165, 1.54) is 0 Å². The molecule has 0 aromatic carbocycles.